The highest BCUT2D eigenvalue weighted by Gasteiger charge is 2.31. The Morgan fingerprint density at radius 2 is 1.52 bits per heavy atom. The molecule has 1 aliphatic rings. The summed E-state index contributed by atoms with van der Waals surface area (Å²) < 4.78 is 1.84. The van der Waals surface area contributed by atoms with Gasteiger partial charge in [0.05, 0.1) is 19.1 Å². The van der Waals surface area contributed by atoms with Crippen molar-refractivity contribution in [1.29, 1.82) is 0 Å². The van der Waals surface area contributed by atoms with Crippen LogP contribution in [0.3, 0.4) is 0 Å². The molecule has 0 saturated heterocycles. The molecule has 0 fully saturated rings. The molecule has 5 rings (SSSR count). The van der Waals surface area contributed by atoms with Gasteiger partial charge in [0.1, 0.15) is 28.8 Å². The van der Waals surface area contributed by atoms with Gasteiger partial charge in [0.25, 0.3) is 5.91 Å². The second-order valence-corrected chi connectivity index (χ2v) is 14.9. The van der Waals surface area contributed by atoms with Crippen molar-refractivity contribution in [3.05, 3.63) is 106 Å². The number of benzene rings is 2. The molecule has 5 amide bonds. The normalized spacial score (nSPS) is 21.5. The van der Waals surface area contributed by atoms with Crippen LogP contribution in [0, 0.1) is 5.92 Å². The number of fused-ring (bicyclic) bond motifs is 2. The van der Waals surface area contributed by atoms with Gasteiger partial charge < -0.3 is 26.2 Å². The van der Waals surface area contributed by atoms with Crippen molar-refractivity contribution in [2.75, 3.05) is 26.7 Å². The van der Waals surface area contributed by atoms with Crippen molar-refractivity contribution in [3.63, 3.8) is 0 Å². The Bertz CT molecular complexity index is 1900. The van der Waals surface area contributed by atoms with Gasteiger partial charge >= 0.3 is 0 Å². The van der Waals surface area contributed by atoms with E-state index in [9.17, 15) is 24.0 Å². The fourth-order valence-corrected chi connectivity index (χ4v) is 7.03. The smallest absolute Gasteiger partial charge is 0.271 e. The molecular formula is C39H49N9O5S. The van der Waals surface area contributed by atoms with E-state index < -0.39 is 41.9 Å². The van der Waals surface area contributed by atoms with E-state index in [0.29, 0.717) is 31.1 Å². The van der Waals surface area contributed by atoms with Crippen LogP contribution in [0.25, 0.3) is 0 Å². The summed E-state index contributed by atoms with van der Waals surface area (Å²) in [6.07, 6.45) is 4.05. The average molecular weight is 756 g/mol. The van der Waals surface area contributed by atoms with E-state index in [0.717, 1.165) is 16.7 Å². The Kier molecular flexibility index (Phi) is 13.7. The SMILES string of the molecule is CC(C)[C@@H]1NC(=O)[C@H](C)NC(=O)c2csc(n2)[C@H](Cc2ccccc2)NC(=O)CN(Cc2ccccc2Cn2cccn2)CCN(C)C(=O)[C@@H](C)NC1=O. The molecule has 14 nitrogen and oxygen atoms in total. The van der Waals surface area contributed by atoms with Gasteiger partial charge in [0.15, 0.2) is 0 Å². The average Bonchev–Trinajstić information content (AvgIpc) is 3.86. The van der Waals surface area contributed by atoms with Crippen molar-refractivity contribution in [2.24, 2.45) is 5.92 Å². The molecule has 0 aliphatic carbocycles. The molecule has 1 aliphatic heterocycles. The number of nitrogens with zero attached hydrogens (tertiary/aromatic N) is 5. The fourth-order valence-electron chi connectivity index (χ4n) is 6.18. The molecule has 4 N–H and O–H groups in total. The quantitative estimate of drug-likeness (QED) is 0.223. The van der Waals surface area contributed by atoms with Crippen molar-refractivity contribution < 1.29 is 24.0 Å². The van der Waals surface area contributed by atoms with Gasteiger partial charge in [-0.1, -0.05) is 68.4 Å². The first-order chi connectivity index (χ1) is 25.9. The van der Waals surface area contributed by atoms with Gasteiger partial charge in [0.2, 0.25) is 23.6 Å². The van der Waals surface area contributed by atoms with E-state index in [-0.39, 0.29) is 36.5 Å². The van der Waals surface area contributed by atoms with Crippen molar-refractivity contribution in [2.45, 2.75) is 71.4 Å². The molecule has 2 bridgehead atoms. The van der Waals surface area contributed by atoms with Crippen LogP contribution in [0.1, 0.15) is 65.9 Å². The molecule has 3 heterocycles. The summed E-state index contributed by atoms with van der Waals surface area (Å²) in [6, 6.07) is 16.2. The zero-order chi connectivity index (χ0) is 38.8. The lowest BCUT2D eigenvalue weighted by molar-refractivity contribution is -0.136. The number of carbonyl (C=O) groups excluding carboxylic acids is 5. The highest BCUT2D eigenvalue weighted by atomic mass is 32.1. The molecule has 2 aromatic heterocycles. The molecule has 4 atom stereocenters. The van der Waals surface area contributed by atoms with E-state index in [1.54, 1.807) is 39.4 Å². The Hall–Kier alpha value is -5.41. The first kappa shape index (κ1) is 39.8. The lowest BCUT2D eigenvalue weighted by Crippen LogP contribution is -2.57. The summed E-state index contributed by atoms with van der Waals surface area (Å²) in [4.78, 5) is 75.5. The van der Waals surface area contributed by atoms with Crippen LogP contribution in [0.15, 0.2) is 78.4 Å². The maximum atomic E-state index is 14.0. The fraction of sp³-hybridized carbons (Fsp3) is 0.410. The van der Waals surface area contributed by atoms with Crippen LogP contribution < -0.4 is 21.3 Å². The van der Waals surface area contributed by atoms with Crippen LogP contribution in [0.5, 0.6) is 0 Å². The molecule has 4 aromatic rings. The monoisotopic (exact) mass is 755 g/mol. The lowest BCUT2D eigenvalue weighted by atomic mass is 10.0. The van der Waals surface area contributed by atoms with Gasteiger partial charge in [-0.05, 0) is 48.9 Å². The number of nitrogens with one attached hydrogen (secondary N) is 4. The Morgan fingerprint density at radius 1 is 0.815 bits per heavy atom. The Labute approximate surface area is 319 Å². The van der Waals surface area contributed by atoms with E-state index >= 15 is 0 Å². The third kappa shape index (κ3) is 10.8. The summed E-state index contributed by atoms with van der Waals surface area (Å²) in [6.45, 7) is 8.28. The van der Waals surface area contributed by atoms with Gasteiger partial charge in [0, 0.05) is 44.5 Å². The summed E-state index contributed by atoms with van der Waals surface area (Å²) in [5, 5.41) is 17.8. The molecule has 2 aromatic carbocycles. The predicted octanol–water partition coefficient (Wildman–Crippen LogP) is 2.53. The molecule has 0 radical (unpaired) electrons. The van der Waals surface area contributed by atoms with Gasteiger partial charge in [-0.25, -0.2) is 4.98 Å². The number of thiazole rings is 1. The third-order valence-corrected chi connectivity index (χ3v) is 10.2. The minimum absolute atomic E-state index is 0.00972. The largest absolute Gasteiger partial charge is 0.345 e. The Balaban J connectivity index is 1.46. The third-order valence-electron chi connectivity index (χ3n) is 9.29. The predicted molar refractivity (Wildman–Crippen MR) is 205 cm³/mol. The minimum atomic E-state index is -0.994. The van der Waals surface area contributed by atoms with Crippen LogP contribution in [0.4, 0.5) is 0 Å². The maximum absolute atomic E-state index is 14.0. The molecule has 54 heavy (non-hydrogen) atoms. The van der Waals surface area contributed by atoms with Crippen molar-refractivity contribution in [1.82, 2.24) is 45.8 Å². The molecule has 286 valence electrons. The van der Waals surface area contributed by atoms with Crippen LogP contribution >= 0.6 is 11.3 Å². The second kappa shape index (κ2) is 18.6. The zero-order valence-electron chi connectivity index (χ0n) is 31.3. The lowest BCUT2D eigenvalue weighted by Gasteiger charge is -2.29. The van der Waals surface area contributed by atoms with E-state index in [4.69, 9.17) is 0 Å². The summed E-state index contributed by atoms with van der Waals surface area (Å²) in [5.41, 5.74) is 3.13. The first-order valence-corrected chi connectivity index (χ1v) is 19.0. The number of likely N-dealkylation sites (N-methyl/N-ethyl adjacent to an activating group) is 1. The summed E-state index contributed by atoms with van der Waals surface area (Å²) >= 11 is 1.25. The number of carbonyl (C=O) groups is 5. The Morgan fingerprint density at radius 3 is 2.20 bits per heavy atom. The number of hydrogen-bond donors (Lipinski definition) is 4. The number of rotatable bonds is 7. The number of amides is 5. The minimum Gasteiger partial charge on any atom is -0.345 e. The second-order valence-electron chi connectivity index (χ2n) is 14.0. The van der Waals surface area contributed by atoms with Crippen molar-refractivity contribution >= 4 is 40.9 Å². The first-order valence-electron chi connectivity index (χ1n) is 18.1. The number of hydrogen-bond acceptors (Lipinski definition) is 9. The van der Waals surface area contributed by atoms with Gasteiger partial charge in [-0.2, -0.15) is 5.10 Å². The summed E-state index contributed by atoms with van der Waals surface area (Å²) in [7, 11) is 1.66. The van der Waals surface area contributed by atoms with E-state index in [1.807, 2.05) is 76.4 Å². The van der Waals surface area contributed by atoms with E-state index in [1.165, 1.54) is 23.2 Å². The van der Waals surface area contributed by atoms with Crippen LogP contribution in [0.2, 0.25) is 0 Å². The summed E-state index contributed by atoms with van der Waals surface area (Å²) in [5.74, 6) is -2.53. The topological polar surface area (TPSA) is 171 Å². The molecule has 15 heteroatoms. The molecule has 0 unspecified atom stereocenters. The molecule has 0 saturated carbocycles. The van der Waals surface area contributed by atoms with Crippen LogP contribution in [-0.2, 0) is 38.7 Å². The van der Waals surface area contributed by atoms with Gasteiger partial charge in [-0.3, -0.25) is 33.6 Å². The highest BCUT2D eigenvalue weighted by Crippen LogP contribution is 2.23. The van der Waals surface area contributed by atoms with Gasteiger partial charge in [-0.15, -0.1) is 11.3 Å². The maximum Gasteiger partial charge on any atom is 0.271 e. The van der Waals surface area contributed by atoms with Crippen LogP contribution in [-0.4, -0.2) is 98.9 Å². The highest BCUT2D eigenvalue weighted by molar-refractivity contribution is 7.09. The molecule has 0 spiro atoms. The zero-order valence-corrected chi connectivity index (χ0v) is 32.1. The standard InChI is InChI=1S/C39H49N9O5S/c1-25(2)34-37(52)42-27(4)39(53)46(5)18-19-47(21-29-14-9-10-15-30(29)22-48-17-11-16-40-48)23-33(49)43-31(20-28-12-7-6-8-13-28)38-44-32(24-54-38)36(51)41-26(3)35(50)45-34/h6-17,24-27,31,34H,18-23H2,1-5H3,(H,41,51)(H,42,52)(H,43,49)(H,45,50)/t26-,27+,31-,34-/m0/s1. The number of aromatic nitrogens is 3. The van der Waals surface area contributed by atoms with Crippen molar-refractivity contribution in [3.8, 4) is 0 Å². The van der Waals surface area contributed by atoms with E-state index in [2.05, 4.69) is 31.3 Å². The molecular weight excluding hydrogens is 707 g/mol.